The summed E-state index contributed by atoms with van der Waals surface area (Å²) >= 11 is 6.33. The van der Waals surface area contributed by atoms with Crippen LogP contribution in [-0.4, -0.2) is 34.3 Å². The number of hydrogen-bond donors (Lipinski definition) is 1. The highest BCUT2D eigenvalue weighted by Gasteiger charge is 2.39. The Bertz CT molecular complexity index is 408. The molecule has 0 amide bonds. The molecule has 1 aromatic heterocycles. The lowest BCUT2D eigenvalue weighted by Crippen LogP contribution is -2.52. The molecule has 0 aliphatic carbocycles. The highest BCUT2D eigenvalue weighted by molar-refractivity contribution is 6.31. The van der Waals surface area contributed by atoms with E-state index in [1.807, 2.05) is 4.68 Å². The minimum atomic E-state index is -0.158. The van der Waals surface area contributed by atoms with Crippen LogP contribution in [0, 0.1) is 0 Å². The molecular weight excluding hydrogens is 260 g/mol. The van der Waals surface area contributed by atoms with Crippen molar-refractivity contribution in [1.29, 1.82) is 0 Å². The molecule has 110 valence electrons. The number of halogens is 1. The first kappa shape index (κ1) is 16.5. The lowest BCUT2D eigenvalue weighted by molar-refractivity contribution is 0.101. The van der Waals surface area contributed by atoms with Gasteiger partial charge in [-0.15, -0.1) is 0 Å². The van der Waals surface area contributed by atoms with Gasteiger partial charge in [0, 0.05) is 11.6 Å². The summed E-state index contributed by atoms with van der Waals surface area (Å²) in [7, 11) is 4.16. The molecular formula is C14H27ClN4. The van der Waals surface area contributed by atoms with E-state index in [2.05, 4.69) is 51.8 Å². The van der Waals surface area contributed by atoms with E-state index in [0.717, 1.165) is 18.5 Å². The first-order valence-corrected chi connectivity index (χ1v) is 7.35. The van der Waals surface area contributed by atoms with Crippen LogP contribution in [0.25, 0.3) is 0 Å². The Morgan fingerprint density at radius 2 is 1.89 bits per heavy atom. The van der Waals surface area contributed by atoms with Crippen LogP contribution in [-0.2, 0) is 0 Å². The van der Waals surface area contributed by atoms with Crippen LogP contribution in [0.2, 0.25) is 5.02 Å². The van der Waals surface area contributed by atoms with E-state index >= 15 is 0 Å². The SMILES string of the molecule is CCC(CC)(C(N)c1c(Cl)cnn1C(C)C)N(C)C. The van der Waals surface area contributed by atoms with Gasteiger partial charge in [-0.25, -0.2) is 0 Å². The summed E-state index contributed by atoms with van der Waals surface area (Å²) < 4.78 is 1.94. The quantitative estimate of drug-likeness (QED) is 0.873. The second kappa shape index (κ2) is 6.25. The molecule has 0 aliphatic heterocycles. The van der Waals surface area contributed by atoms with Gasteiger partial charge < -0.3 is 10.6 Å². The predicted octanol–water partition coefficient (Wildman–Crippen LogP) is 3.24. The fraction of sp³-hybridized carbons (Fsp3) is 0.786. The van der Waals surface area contributed by atoms with Crippen molar-refractivity contribution in [2.75, 3.05) is 14.1 Å². The Hall–Kier alpha value is -0.580. The van der Waals surface area contributed by atoms with Gasteiger partial charge in [0.15, 0.2) is 0 Å². The molecule has 19 heavy (non-hydrogen) atoms. The largest absolute Gasteiger partial charge is 0.321 e. The monoisotopic (exact) mass is 286 g/mol. The molecule has 1 rings (SSSR count). The smallest absolute Gasteiger partial charge is 0.0834 e. The molecule has 0 saturated heterocycles. The molecule has 0 fully saturated rings. The van der Waals surface area contributed by atoms with Crippen LogP contribution >= 0.6 is 11.6 Å². The minimum absolute atomic E-state index is 0.101. The van der Waals surface area contributed by atoms with Crippen LogP contribution in [0.3, 0.4) is 0 Å². The summed E-state index contributed by atoms with van der Waals surface area (Å²) in [6.07, 6.45) is 3.64. The van der Waals surface area contributed by atoms with Crippen LogP contribution < -0.4 is 5.73 Å². The Labute approximate surface area is 121 Å². The van der Waals surface area contributed by atoms with Crippen molar-refractivity contribution < 1.29 is 0 Å². The van der Waals surface area contributed by atoms with Gasteiger partial charge in [-0.1, -0.05) is 25.4 Å². The van der Waals surface area contributed by atoms with Crippen molar-refractivity contribution in [3.63, 3.8) is 0 Å². The zero-order valence-corrected chi connectivity index (χ0v) is 13.7. The van der Waals surface area contributed by atoms with Gasteiger partial charge in [0.25, 0.3) is 0 Å². The fourth-order valence-electron chi connectivity index (χ4n) is 2.91. The zero-order chi connectivity index (χ0) is 14.8. The molecule has 0 radical (unpaired) electrons. The van der Waals surface area contributed by atoms with E-state index in [1.165, 1.54) is 0 Å². The van der Waals surface area contributed by atoms with E-state index in [1.54, 1.807) is 6.20 Å². The molecule has 4 nitrogen and oxygen atoms in total. The molecule has 0 spiro atoms. The molecule has 1 aromatic rings. The van der Waals surface area contributed by atoms with Crippen molar-refractivity contribution in [1.82, 2.24) is 14.7 Å². The predicted molar refractivity (Wildman–Crippen MR) is 81.6 cm³/mol. The Kier molecular flexibility index (Phi) is 5.42. The van der Waals surface area contributed by atoms with Crippen molar-refractivity contribution in [2.24, 2.45) is 5.73 Å². The molecule has 0 saturated carbocycles. The van der Waals surface area contributed by atoms with Crippen LogP contribution in [0.15, 0.2) is 6.20 Å². The molecule has 1 atom stereocenters. The standard InChI is InChI=1S/C14H27ClN4/c1-7-14(8-2,18(5)6)13(16)12-11(15)9-17-19(12)10(3)4/h9-10,13H,7-8,16H2,1-6H3. The lowest BCUT2D eigenvalue weighted by Gasteiger charge is -2.43. The Morgan fingerprint density at radius 3 is 2.26 bits per heavy atom. The van der Waals surface area contributed by atoms with Crippen LogP contribution in [0.5, 0.6) is 0 Å². The summed E-state index contributed by atoms with van der Waals surface area (Å²) in [6, 6.07) is 0.0945. The summed E-state index contributed by atoms with van der Waals surface area (Å²) in [6.45, 7) is 8.53. The maximum atomic E-state index is 6.59. The van der Waals surface area contributed by atoms with Crippen molar-refractivity contribution in [3.8, 4) is 0 Å². The maximum absolute atomic E-state index is 6.59. The van der Waals surface area contributed by atoms with E-state index in [0.29, 0.717) is 5.02 Å². The average Bonchev–Trinajstić information content (AvgIpc) is 2.72. The van der Waals surface area contributed by atoms with E-state index in [9.17, 15) is 0 Å². The summed E-state index contributed by atoms with van der Waals surface area (Å²) in [5.41, 5.74) is 7.43. The average molecular weight is 287 g/mol. The highest BCUT2D eigenvalue weighted by Crippen LogP contribution is 2.37. The number of hydrogen-bond acceptors (Lipinski definition) is 3. The Morgan fingerprint density at radius 1 is 1.37 bits per heavy atom. The third-order valence-electron chi connectivity index (χ3n) is 4.26. The molecule has 1 heterocycles. The molecule has 5 heteroatoms. The first-order valence-electron chi connectivity index (χ1n) is 6.97. The van der Waals surface area contributed by atoms with Gasteiger partial charge in [-0.2, -0.15) is 5.10 Å². The van der Waals surface area contributed by atoms with Crippen LogP contribution in [0.4, 0.5) is 0 Å². The molecule has 0 aliphatic rings. The van der Waals surface area contributed by atoms with Crippen molar-refractivity contribution in [3.05, 3.63) is 16.9 Å². The van der Waals surface area contributed by atoms with Gasteiger partial charge in [0.2, 0.25) is 0 Å². The molecule has 1 unspecified atom stereocenters. The fourth-order valence-corrected chi connectivity index (χ4v) is 3.16. The highest BCUT2D eigenvalue weighted by atomic mass is 35.5. The van der Waals surface area contributed by atoms with E-state index in [-0.39, 0.29) is 17.6 Å². The molecule has 0 aromatic carbocycles. The third-order valence-corrected chi connectivity index (χ3v) is 4.56. The lowest BCUT2D eigenvalue weighted by atomic mass is 9.82. The van der Waals surface area contributed by atoms with E-state index in [4.69, 9.17) is 17.3 Å². The molecule has 2 N–H and O–H groups in total. The maximum Gasteiger partial charge on any atom is 0.0834 e. The number of aromatic nitrogens is 2. The van der Waals surface area contributed by atoms with Gasteiger partial charge >= 0.3 is 0 Å². The van der Waals surface area contributed by atoms with Crippen molar-refractivity contribution in [2.45, 2.75) is 58.2 Å². The zero-order valence-electron chi connectivity index (χ0n) is 12.9. The van der Waals surface area contributed by atoms with Gasteiger partial charge in [-0.05, 0) is 40.8 Å². The topological polar surface area (TPSA) is 47.1 Å². The molecule has 0 bridgehead atoms. The number of nitrogens with two attached hydrogens (primary N) is 1. The Balaban J connectivity index is 3.31. The third kappa shape index (κ3) is 2.81. The van der Waals surface area contributed by atoms with Gasteiger partial charge in [-0.3, -0.25) is 4.68 Å². The number of likely N-dealkylation sites (N-methyl/N-ethyl adjacent to an activating group) is 1. The van der Waals surface area contributed by atoms with Crippen molar-refractivity contribution >= 4 is 11.6 Å². The van der Waals surface area contributed by atoms with Crippen LogP contribution in [0.1, 0.15) is 58.3 Å². The number of nitrogens with zero attached hydrogens (tertiary/aromatic N) is 3. The minimum Gasteiger partial charge on any atom is -0.321 e. The van der Waals surface area contributed by atoms with E-state index < -0.39 is 0 Å². The second-order valence-electron chi connectivity index (χ2n) is 5.60. The second-order valence-corrected chi connectivity index (χ2v) is 6.01. The summed E-state index contributed by atoms with van der Waals surface area (Å²) in [5.74, 6) is 0. The van der Waals surface area contributed by atoms with Gasteiger partial charge in [0.1, 0.15) is 0 Å². The summed E-state index contributed by atoms with van der Waals surface area (Å²) in [4.78, 5) is 2.21. The summed E-state index contributed by atoms with van der Waals surface area (Å²) in [5, 5.41) is 5.03. The number of rotatable bonds is 6. The first-order chi connectivity index (χ1) is 8.81. The van der Waals surface area contributed by atoms with Gasteiger partial charge in [0.05, 0.1) is 23.0 Å². The normalized spacial score (nSPS) is 14.4.